The Labute approximate surface area is 194 Å². The van der Waals surface area contributed by atoms with Gasteiger partial charge in [0.2, 0.25) is 5.95 Å². The van der Waals surface area contributed by atoms with Crippen LogP contribution in [0.5, 0.6) is 0 Å². The SMILES string of the molecule is O=C(c1nc2ccccc2[nH]1)N1CCNc2cnc(Nc3ccc(-n4ccnc4)cc3)nc2C1. The molecule has 4 heterocycles. The number of fused-ring (bicyclic) bond motifs is 2. The molecule has 0 saturated carbocycles. The van der Waals surface area contributed by atoms with Crippen LogP contribution in [0.3, 0.4) is 0 Å². The van der Waals surface area contributed by atoms with Gasteiger partial charge in [-0.15, -0.1) is 0 Å². The standard InChI is InChI=1S/C24H21N9O/c34-23(22-29-18-3-1-2-4-19(18)30-22)32-12-10-26-20-13-27-24(31-21(20)14-32)28-16-5-7-17(8-6-16)33-11-9-25-15-33/h1-9,11,13,15,26H,10,12,14H2,(H,29,30)(H,27,28,31). The third kappa shape index (κ3) is 3.81. The summed E-state index contributed by atoms with van der Waals surface area (Å²) in [7, 11) is 0. The fraction of sp³-hybridized carbons (Fsp3) is 0.125. The zero-order valence-corrected chi connectivity index (χ0v) is 18.1. The molecule has 0 bridgehead atoms. The molecule has 3 aromatic heterocycles. The van der Waals surface area contributed by atoms with E-state index in [0.717, 1.165) is 33.8 Å². The van der Waals surface area contributed by atoms with Crippen LogP contribution in [0.2, 0.25) is 0 Å². The maximum Gasteiger partial charge on any atom is 0.290 e. The monoisotopic (exact) mass is 451 g/mol. The van der Waals surface area contributed by atoms with Gasteiger partial charge in [0.25, 0.3) is 5.91 Å². The minimum absolute atomic E-state index is 0.158. The fourth-order valence-corrected chi connectivity index (χ4v) is 3.97. The van der Waals surface area contributed by atoms with Gasteiger partial charge in [0, 0.05) is 36.9 Å². The maximum atomic E-state index is 13.2. The predicted octanol–water partition coefficient (Wildman–Crippen LogP) is 3.35. The van der Waals surface area contributed by atoms with Crippen molar-refractivity contribution in [2.75, 3.05) is 23.7 Å². The van der Waals surface area contributed by atoms with E-state index in [1.807, 2.05) is 59.3 Å². The molecule has 0 unspecified atom stereocenters. The van der Waals surface area contributed by atoms with Gasteiger partial charge in [-0.3, -0.25) is 4.79 Å². The number of amides is 1. The molecule has 0 fully saturated rings. The van der Waals surface area contributed by atoms with E-state index in [4.69, 9.17) is 0 Å². The number of imidazole rings is 2. The van der Waals surface area contributed by atoms with Crippen molar-refractivity contribution in [3.05, 3.63) is 85.0 Å². The van der Waals surface area contributed by atoms with E-state index in [1.54, 1.807) is 23.6 Å². The molecule has 0 radical (unpaired) electrons. The van der Waals surface area contributed by atoms with Gasteiger partial charge in [-0.05, 0) is 36.4 Å². The summed E-state index contributed by atoms with van der Waals surface area (Å²) >= 11 is 0. The highest BCUT2D eigenvalue weighted by molar-refractivity contribution is 5.94. The number of aromatic nitrogens is 6. The highest BCUT2D eigenvalue weighted by Crippen LogP contribution is 2.23. The minimum atomic E-state index is -0.158. The van der Waals surface area contributed by atoms with Crippen LogP contribution < -0.4 is 10.6 Å². The number of anilines is 3. The number of para-hydroxylation sites is 2. The number of hydrogen-bond acceptors (Lipinski definition) is 7. The number of carbonyl (C=O) groups excluding carboxylic acids is 1. The molecule has 3 N–H and O–H groups in total. The van der Waals surface area contributed by atoms with E-state index in [1.165, 1.54) is 0 Å². The average molecular weight is 451 g/mol. The first-order valence-electron chi connectivity index (χ1n) is 10.9. The van der Waals surface area contributed by atoms with Gasteiger partial charge in [-0.1, -0.05) is 12.1 Å². The second kappa shape index (κ2) is 8.32. The topological polar surface area (TPSA) is 117 Å². The van der Waals surface area contributed by atoms with E-state index in [-0.39, 0.29) is 5.91 Å². The van der Waals surface area contributed by atoms with Crippen molar-refractivity contribution < 1.29 is 4.79 Å². The van der Waals surface area contributed by atoms with Gasteiger partial charge >= 0.3 is 0 Å². The Morgan fingerprint density at radius 3 is 2.76 bits per heavy atom. The van der Waals surface area contributed by atoms with Gasteiger partial charge in [0.05, 0.1) is 41.5 Å². The first kappa shape index (κ1) is 19.9. The number of benzene rings is 2. The molecular formula is C24H21N9O. The van der Waals surface area contributed by atoms with Crippen LogP contribution in [-0.2, 0) is 6.54 Å². The third-order valence-electron chi connectivity index (χ3n) is 5.71. The fourth-order valence-electron chi connectivity index (χ4n) is 3.97. The lowest BCUT2D eigenvalue weighted by Crippen LogP contribution is -2.33. The van der Waals surface area contributed by atoms with Gasteiger partial charge in [-0.2, -0.15) is 0 Å². The van der Waals surface area contributed by atoms with Crippen LogP contribution in [0, 0.1) is 0 Å². The van der Waals surface area contributed by atoms with Gasteiger partial charge < -0.3 is 25.1 Å². The zero-order chi connectivity index (χ0) is 22.9. The number of H-pyrrole nitrogens is 1. The Balaban J connectivity index is 1.21. The van der Waals surface area contributed by atoms with Crippen LogP contribution >= 0.6 is 0 Å². The summed E-state index contributed by atoms with van der Waals surface area (Å²) in [6, 6.07) is 15.5. The highest BCUT2D eigenvalue weighted by Gasteiger charge is 2.24. The summed E-state index contributed by atoms with van der Waals surface area (Å²) in [5, 5.41) is 6.56. The largest absolute Gasteiger partial charge is 0.380 e. The quantitative estimate of drug-likeness (QED) is 0.384. The van der Waals surface area contributed by atoms with Gasteiger partial charge in [0.15, 0.2) is 5.82 Å². The Hall–Kier alpha value is -4.73. The summed E-state index contributed by atoms with van der Waals surface area (Å²) < 4.78 is 1.93. The molecule has 2 aromatic carbocycles. The molecule has 6 rings (SSSR count). The van der Waals surface area contributed by atoms with Crippen LogP contribution in [0.4, 0.5) is 17.3 Å². The second-order valence-corrected chi connectivity index (χ2v) is 7.95. The molecule has 0 atom stereocenters. The average Bonchev–Trinajstić information content (AvgIpc) is 3.50. The van der Waals surface area contributed by atoms with Crippen molar-refractivity contribution in [1.82, 2.24) is 34.4 Å². The molecule has 168 valence electrons. The van der Waals surface area contributed by atoms with E-state index in [2.05, 4.69) is 35.6 Å². The lowest BCUT2D eigenvalue weighted by Gasteiger charge is -2.18. The Morgan fingerprint density at radius 1 is 1.06 bits per heavy atom. The smallest absolute Gasteiger partial charge is 0.290 e. The second-order valence-electron chi connectivity index (χ2n) is 7.95. The number of carbonyl (C=O) groups is 1. The number of hydrogen-bond donors (Lipinski definition) is 3. The number of rotatable bonds is 4. The van der Waals surface area contributed by atoms with E-state index >= 15 is 0 Å². The normalized spacial score (nSPS) is 13.2. The Kier molecular flexibility index (Phi) is 4.87. The molecule has 1 aliphatic heterocycles. The van der Waals surface area contributed by atoms with Crippen LogP contribution in [0.1, 0.15) is 16.3 Å². The van der Waals surface area contributed by atoms with Crippen molar-refractivity contribution in [1.29, 1.82) is 0 Å². The van der Waals surface area contributed by atoms with Crippen molar-refractivity contribution in [3.8, 4) is 5.69 Å². The Morgan fingerprint density at radius 2 is 1.94 bits per heavy atom. The molecule has 0 spiro atoms. The van der Waals surface area contributed by atoms with E-state index in [9.17, 15) is 4.79 Å². The van der Waals surface area contributed by atoms with Crippen molar-refractivity contribution >= 4 is 34.3 Å². The minimum Gasteiger partial charge on any atom is -0.380 e. The first-order valence-corrected chi connectivity index (χ1v) is 10.9. The summed E-state index contributed by atoms with van der Waals surface area (Å²) in [5.41, 5.74) is 5.05. The van der Waals surface area contributed by atoms with Gasteiger partial charge in [0.1, 0.15) is 0 Å². The molecule has 5 aromatic rings. The summed E-state index contributed by atoms with van der Waals surface area (Å²) in [6.45, 7) is 1.49. The van der Waals surface area contributed by atoms with Crippen LogP contribution in [0.15, 0.2) is 73.4 Å². The number of aromatic amines is 1. The van der Waals surface area contributed by atoms with E-state index in [0.29, 0.717) is 31.4 Å². The third-order valence-corrected chi connectivity index (χ3v) is 5.71. The molecule has 10 heteroatoms. The molecule has 1 amide bonds. The zero-order valence-electron chi connectivity index (χ0n) is 18.1. The molecule has 34 heavy (non-hydrogen) atoms. The highest BCUT2D eigenvalue weighted by atomic mass is 16.2. The number of nitrogens with zero attached hydrogens (tertiary/aromatic N) is 6. The van der Waals surface area contributed by atoms with Crippen LogP contribution in [0.25, 0.3) is 16.7 Å². The van der Waals surface area contributed by atoms with Crippen molar-refractivity contribution in [2.45, 2.75) is 6.54 Å². The van der Waals surface area contributed by atoms with Crippen molar-refractivity contribution in [2.24, 2.45) is 0 Å². The molecule has 0 aliphatic carbocycles. The summed E-state index contributed by atoms with van der Waals surface area (Å²) in [6.07, 6.45) is 7.14. The summed E-state index contributed by atoms with van der Waals surface area (Å²) in [5.74, 6) is 0.637. The van der Waals surface area contributed by atoms with Crippen molar-refractivity contribution in [3.63, 3.8) is 0 Å². The predicted molar refractivity (Wildman–Crippen MR) is 128 cm³/mol. The lowest BCUT2D eigenvalue weighted by atomic mass is 10.3. The molecule has 1 aliphatic rings. The van der Waals surface area contributed by atoms with E-state index < -0.39 is 0 Å². The Bertz CT molecular complexity index is 1420. The molecular weight excluding hydrogens is 430 g/mol. The van der Waals surface area contributed by atoms with Crippen LogP contribution in [-0.4, -0.2) is 53.4 Å². The number of nitrogens with one attached hydrogen (secondary N) is 3. The summed E-state index contributed by atoms with van der Waals surface area (Å²) in [4.78, 5) is 35.7. The lowest BCUT2D eigenvalue weighted by molar-refractivity contribution is 0.0740. The molecule has 0 saturated heterocycles. The van der Waals surface area contributed by atoms with Gasteiger partial charge in [-0.25, -0.2) is 19.9 Å². The molecule has 10 nitrogen and oxygen atoms in total. The maximum absolute atomic E-state index is 13.2. The first-order chi connectivity index (χ1) is 16.7.